The zero-order chi connectivity index (χ0) is 13.9. The molecular formula is C14H16Cl2INO. The summed E-state index contributed by atoms with van der Waals surface area (Å²) < 4.78 is 0.908. The Morgan fingerprint density at radius 1 is 1.37 bits per heavy atom. The van der Waals surface area contributed by atoms with Crippen molar-refractivity contribution in [2.45, 2.75) is 25.7 Å². The third-order valence-corrected chi connectivity index (χ3v) is 5.49. The predicted octanol–water partition coefficient (Wildman–Crippen LogP) is 4.47. The number of halogens is 3. The van der Waals surface area contributed by atoms with Crippen molar-refractivity contribution >= 4 is 51.7 Å². The molecule has 0 heterocycles. The number of nitrogens with one attached hydrogen (secondary N) is 1. The monoisotopic (exact) mass is 411 g/mol. The number of carbonyl (C=O) groups excluding carboxylic acids is 1. The summed E-state index contributed by atoms with van der Waals surface area (Å²) >= 11 is 14.2. The SMILES string of the molecule is O=C(NCC1(CCl)CCCC1)c1cc(Cl)ccc1I. The Balaban J connectivity index is 2.03. The van der Waals surface area contributed by atoms with Gasteiger partial charge in [0.1, 0.15) is 0 Å². The molecule has 2 nitrogen and oxygen atoms in total. The highest BCUT2D eigenvalue weighted by Gasteiger charge is 2.33. The van der Waals surface area contributed by atoms with Crippen LogP contribution in [0.2, 0.25) is 5.02 Å². The number of hydrogen-bond acceptors (Lipinski definition) is 1. The molecule has 1 saturated carbocycles. The third-order valence-electron chi connectivity index (χ3n) is 3.74. The van der Waals surface area contributed by atoms with Crippen LogP contribution in [0.1, 0.15) is 36.0 Å². The molecule has 1 aliphatic carbocycles. The lowest BCUT2D eigenvalue weighted by Crippen LogP contribution is -2.37. The molecule has 0 radical (unpaired) electrons. The van der Waals surface area contributed by atoms with Crippen LogP contribution in [-0.4, -0.2) is 18.3 Å². The predicted molar refractivity (Wildman–Crippen MR) is 88.1 cm³/mol. The highest BCUT2D eigenvalue weighted by atomic mass is 127. The lowest BCUT2D eigenvalue weighted by Gasteiger charge is -2.26. The Hall–Kier alpha value is -0.000000000000000111. The van der Waals surface area contributed by atoms with Crippen LogP contribution in [0, 0.1) is 8.99 Å². The van der Waals surface area contributed by atoms with Gasteiger partial charge in [0.05, 0.1) is 5.56 Å². The summed E-state index contributed by atoms with van der Waals surface area (Å²) in [6.45, 7) is 0.651. The fraction of sp³-hybridized carbons (Fsp3) is 0.500. The molecule has 0 spiro atoms. The molecule has 5 heteroatoms. The van der Waals surface area contributed by atoms with Crippen molar-refractivity contribution in [1.82, 2.24) is 5.32 Å². The maximum Gasteiger partial charge on any atom is 0.252 e. The zero-order valence-corrected chi connectivity index (χ0v) is 14.2. The van der Waals surface area contributed by atoms with E-state index >= 15 is 0 Å². The highest BCUT2D eigenvalue weighted by molar-refractivity contribution is 14.1. The fourth-order valence-electron chi connectivity index (χ4n) is 2.52. The maximum absolute atomic E-state index is 12.2. The van der Waals surface area contributed by atoms with Gasteiger partial charge in [-0.25, -0.2) is 0 Å². The number of benzene rings is 1. The lowest BCUT2D eigenvalue weighted by atomic mass is 9.88. The van der Waals surface area contributed by atoms with E-state index in [0.29, 0.717) is 23.0 Å². The molecule has 1 fully saturated rings. The van der Waals surface area contributed by atoms with E-state index in [1.807, 2.05) is 6.07 Å². The zero-order valence-electron chi connectivity index (χ0n) is 10.5. The van der Waals surface area contributed by atoms with Crippen molar-refractivity contribution in [3.63, 3.8) is 0 Å². The first kappa shape index (κ1) is 15.4. The maximum atomic E-state index is 12.2. The van der Waals surface area contributed by atoms with Gasteiger partial charge in [-0.15, -0.1) is 11.6 Å². The third kappa shape index (κ3) is 3.76. The summed E-state index contributed by atoms with van der Waals surface area (Å²) in [5, 5.41) is 3.60. The fourth-order valence-corrected chi connectivity index (χ4v) is 3.63. The van der Waals surface area contributed by atoms with Crippen molar-refractivity contribution in [3.8, 4) is 0 Å². The number of amides is 1. The summed E-state index contributed by atoms with van der Waals surface area (Å²) in [4.78, 5) is 12.2. The minimum atomic E-state index is -0.0664. The van der Waals surface area contributed by atoms with Crippen LogP contribution in [0.3, 0.4) is 0 Å². The van der Waals surface area contributed by atoms with Gasteiger partial charge < -0.3 is 5.32 Å². The summed E-state index contributed by atoms with van der Waals surface area (Å²) in [5.74, 6) is 0.545. The van der Waals surface area contributed by atoms with Crippen molar-refractivity contribution < 1.29 is 4.79 Å². The van der Waals surface area contributed by atoms with Crippen LogP contribution < -0.4 is 5.32 Å². The minimum Gasteiger partial charge on any atom is -0.351 e. The molecule has 0 bridgehead atoms. The van der Waals surface area contributed by atoms with Gasteiger partial charge in [0.25, 0.3) is 5.91 Å². The van der Waals surface area contributed by atoms with E-state index in [-0.39, 0.29) is 11.3 Å². The first-order valence-electron chi connectivity index (χ1n) is 6.36. The average Bonchev–Trinajstić information content (AvgIpc) is 2.88. The standard InChI is InChI=1S/C14H16Cl2INO/c15-8-14(5-1-2-6-14)9-18-13(19)11-7-10(16)3-4-12(11)17/h3-4,7H,1-2,5-6,8-9H2,(H,18,19). The minimum absolute atomic E-state index is 0.0664. The van der Waals surface area contributed by atoms with Gasteiger partial charge in [-0.05, 0) is 53.6 Å². The van der Waals surface area contributed by atoms with Crippen molar-refractivity contribution in [3.05, 3.63) is 32.4 Å². The summed E-state index contributed by atoms with van der Waals surface area (Å²) in [5.41, 5.74) is 0.720. The number of carbonyl (C=O) groups is 1. The molecule has 1 aromatic rings. The van der Waals surface area contributed by atoms with E-state index in [2.05, 4.69) is 27.9 Å². The van der Waals surface area contributed by atoms with Gasteiger partial charge in [-0.3, -0.25) is 4.79 Å². The van der Waals surface area contributed by atoms with Gasteiger partial charge in [-0.1, -0.05) is 24.4 Å². The number of rotatable bonds is 4. The largest absolute Gasteiger partial charge is 0.351 e. The Morgan fingerprint density at radius 2 is 2.05 bits per heavy atom. The van der Waals surface area contributed by atoms with E-state index in [1.54, 1.807) is 12.1 Å². The molecule has 1 amide bonds. The molecule has 104 valence electrons. The second-order valence-corrected chi connectivity index (χ2v) is 7.01. The van der Waals surface area contributed by atoms with E-state index in [0.717, 1.165) is 16.4 Å². The molecule has 1 aliphatic rings. The van der Waals surface area contributed by atoms with Gasteiger partial charge in [0, 0.05) is 26.4 Å². The van der Waals surface area contributed by atoms with E-state index in [1.165, 1.54) is 12.8 Å². The molecule has 0 saturated heterocycles. The molecule has 2 rings (SSSR count). The first-order chi connectivity index (χ1) is 9.06. The molecule has 0 atom stereocenters. The van der Waals surface area contributed by atoms with Crippen molar-refractivity contribution in [1.29, 1.82) is 0 Å². The van der Waals surface area contributed by atoms with Crippen LogP contribution in [0.25, 0.3) is 0 Å². The number of alkyl halides is 1. The Morgan fingerprint density at radius 3 is 2.68 bits per heavy atom. The average molecular weight is 412 g/mol. The van der Waals surface area contributed by atoms with Gasteiger partial charge in [-0.2, -0.15) is 0 Å². The van der Waals surface area contributed by atoms with Crippen molar-refractivity contribution in [2.24, 2.45) is 5.41 Å². The van der Waals surface area contributed by atoms with Gasteiger partial charge >= 0.3 is 0 Å². The molecule has 0 unspecified atom stereocenters. The number of hydrogen-bond donors (Lipinski definition) is 1. The topological polar surface area (TPSA) is 29.1 Å². The molecule has 1 aromatic carbocycles. The van der Waals surface area contributed by atoms with E-state index in [4.69, 9.17) is 23.2 Å². The van der Waals surface area contributed by atoms with Crippen molar-refractivity contribution in [2.75, 3.05) is 12.4 Å². The van der Waals surface area contributed by atoms with Crippen LogP contribution in [-0.2, 0) is 0 Å². The van der Waals surface area contributed by atoms with E-state index < -0.39 is 0 Å². The summed E-state index contributed by atoms with van der Waals surface area (Å²) in [6.07, 6.45) is 4.61. The van der Waals surface area contributed by atoms with Gasteiger partial charge in [0.15, 0.2) is 0 Å². The van der Waals surface area contributed by atoms with Gasteiger partial charge in [0.2, 0.25) is 0 Å². The lowest BCUT2D eigenvalue weighted by molar-refractivity contribution is 0.0934. The summed E-state index contributed by atoms with van der Waals surface area (Å²) in [6, 6.07) is 5.35. The Kier molecular flexibility index (Phi) is 5.37. The Labute approximate surface area is 137 Å². The second-order valence-electron chi connectivity index (χ2n) is 5.15. The quantitative estimate of drug-likeness (QED) is 0.574. The molecule has 19 heavy (non-hydrogen) atoms. The van der Waals surface area contributed by atoms with E-state index in [9.17, 15) is 4.79 Å². The molecular weight excluding hydrogens is 396 g/mol. The van der Waals surface area contributed by atoms with Crippen LogP contribution in [0.5, 0.6) is 0 Å². The normalized spacial score (nSPS) is 17.4. The molecule has 1 N–H and O–H groups in total. The van der Waals surface area contributed by atoms with Crippen LogP contribution >= 0.6 is 45.8 Å². The van der Waals surface area contributed by atoms with Crippen LogP contribution in [0.15, 0.2) is 18.2 Å². The van der Waals surface area contributed by atoms with Crippen LogP contribution in [0.4, 0.5) is 0 Å². The summed E-state index contributed by atoms with van der Waals surface area (Å²) in [7, 11) is 0. The second kappa shape index (κ2) is 6.64. The first-order valence-corrected chi connectivity index (χ1v) is 8.35. The smallest absolute Gasteiger partial charge is 0.252 e. The molecule has 0 aliphatic heterocycles. The molecule has 0 aromatic heterocycles. The Bertz CT molecular complexity index is 473. The highest BCUT2D eigenvalue weighted by Crippen LogP contribution is 2.38.